The van der Waals surface area contributed by atoms with E-state index >= 15 is 0 Å². The van der Waals surface area contributed by atoms with Crippen LogP contribution in [-0.4, -0.2) is 18.2 Å². The first-order chi connectivity index (χ1) is 10.6. The van der Waals surface area contributed by atoms with Crippen LogP contribution in [0.4, 0.5) is 4.39 Å². The van der Waals surface area contributed by atoms with Crippen LogP contribution in [0.3, 0.4) is 0 Å². The third-order valence-electron chi connectivity index (χ3n) is 3.01. The molecule has 5 heteroatoms. The molecule has 0 aliphatic rings. The number of nitrogens with zero attached hydrogens (tertiary/aromatic N) is 1. The second-order valence-corrected chi connectivity index (χ2v) is 4.60. The number of hydrogen-bond donors (Lipinski definition) is 1. The number of ether oxygens (including phenoxy) is 1. The second-order valence-electron chi connectivity index (χ2n) is 4.60. The number of rotatable bonds is 5. The minimum Gasteiger partial charge on any atom is -0.494 e. The van der Waals surface area contributed by atoms with Gasteiger partial charge in [-0.05, 0) is 67.9 Å². The maximum absolute atomic E-state index is 12.8. The third kappa shape index (κ3) is 4.15. The lowest BCUT2D eigenvalue weighted by Crippen LogP contribution is -2.19. The number of halogens is 1. The SMILES string of the molecule is CCOc1ccc(/C(C)=N\NC(=O)c2ccc(F)cc2)cc1. The Balaban J connectivity index is 2.02. The molecule has 2 aromatic rings. The van der Waals surface area contributed by atoms with E-state index in [0.717, 1.165) is 11.3 Å². The molecule has 0 saturated heterocycles. The lowest BCUT2D eigenvalue weighted by Gasteiger charge is -2.05. The van der Waals surface area contributed by atoms with Gasteiger partial charge in [0.2, 0.25) is 0 Å². The smallest absolute Gasteiger partial charge is 0.271 e. The van der Waals surface area contributed by atoms with Crippen molar-refractivity contribution in [2.24, 2.45) is 5.10 Å². The van der Waals surface area contributed by atoms with Crippen LogP contribution in [0, 0.1) is 5.82 Å². The van der Waals surface area contributed by atoms with E-state index in [1.165, 1.54) is 24.3 Å². The number of carbonyl (C=O) groups excluding carboxylic acids is 1. The van der Waals surface area contributed by atoms with E-state index in [9.17, 15) is 9.18 Å². The van der Waals surface area contributed by atoms with Crippen LogP contribution in [0.1, 0.15) is 29.8 Å². The summed E-state index contributed by atoms with van der Waals surface area (Å²) < 4.78 is 18.2. The Hall–Kier alpha value is -2.69. The molecule has 0 atom stereocenters. The Morgan fingerprint density at radius 1 is 1.09 bits per heavy atom. The van der Waals surface area contributed by atoms with Crippen molar-refractivity contribution in [1.82, 2.24) is 5.43 Å². The first-order valence-corrected chi connectivity index (χ1v) is 6.93. The van der Waals surface area contributed by atoms with E-state index in [0.29, 0.717) is 17.9 Å². The fourth-order valence-electron chi connectivity index (χ4n) is 1.82. The van der Waals surface area contributed by atoms with Crippen molar-refractivity contribution in [3.63, 3.8) is 0 Å². The molecule has 22 heavy (non-hydrogen) atoms. The van der Waals surface area contributed by atoms with Crippen molar-refractivity contribution in [1.29, 1.82) is 0 Å². The highest BCUT2D eigenvalue weighted by atomic mass is 19.1. The lowest BCUT2D eigenvalue weighted by molar-refractivity contribution is 0.0955. The highest BCUT2D eigenvalue weighted by Crippen LogP contribution is 2.12. The molecule has 4 nitrogen and oxygen atoms in total. The summed E-state index contributed by atoms with van der Waals surface area (Å²) in [5.41, 5.74) is 4.35. The minimum absolute atomic E-state index is 0.352. The first kappa shape index (κ1) is 15.7. The predicted octanol–water partition coefficient (Wildman–Crippen LogP) is 3.38. The molecule has 1 N–H and O–H groups in total. The quantitative estimate of drug-likeness (QED) is 0.680. The summed E-state index contributed by atoms with van der Waals surface area (Å²) in [5.74, 6) is 0.0188. The fourth-order valence-corrected chi connectivity index (χ4v) is 1.82. The number of benzene rings is 2. The molecular formula is C17H17FN2O2. The van der Waals surface area contributed by atoms with Gasteiger partial charge in [-0.15, -0.1) is 0 Å². The van der Waals surface area contributed by atoms with Crippen LogP contribution in [0.5, 0.6) is 5.75 Å². The van der Waals surface area contributed by atoms with Crippen molar-refractivity contribution < 1.29 is 13.9 Å². The molecule has 0 aromatic heterocycles. The summed E-state index contributed by atoms with van der Waals surface area (Å²) in [7, 11) is 0. The Bertz CT molecular complexity index is 664. The molecule has 0 aliphatic heterocycles. The normalized spacial score (nSPS) is 11.1. The van der Waals surface area contributed by atoms with E-state index in [-0.39, 0.29) is 11.7 Å². The van der Waals surface area contributed by atoms with Gasteiger partial charge >= 0.3 is 0 Å². The van der Waals surface area contributed by atoms with Crippen LogP contribution >= 0.6 is 0 Å². The number of hydrazone groups is 1. The maximum atomic E-state index is 12.8. The zero-order valence-electron chi connectivity index (χ0n) is 12.5. The van der Waals surface area contributed by atoms with E-state index in [1.807, 2.05) is 31.2 Å². The number of hydrogen-bond acceptors (Lipinski definition) is 3. The van der Waals surface area contributed by atoms with Gasteiger partial charge in [0.25, 0.3) is 5.91 Å². The Morgan fingerprint density at radius 2 is 1.68 bits per heavy atom. The molecule has 0 unspecified atom stereocenters. The third-order valence-corrected chi connectivity index (χ3v) is 3.01. The Morgan fingerprint density at radius 3 is 2.27 bits per heavy atom. The van der Waals surface area contributed by atoms with Gasteiger partial charge in [-0.25, -0.2) is 9.82 Å². The zero-order valence-corrected chi connectivity index (χ0v) is 12.5. The van der Waals surface area contributed by atoms with Crippen molar-refractivity contribution in [2.75, 3.05) is 6.61 Å². The Labute approximate surface area is 128 Å². The summed E-state index contributed by atoms with van der Waals surface area (Å²) in [5, 5.41) is 4.05. The number of carbonyl (C=O) groups is 1. The van der Waals surface area contributed by atoms with Gasteiger partial charge in [0, 0.05) is 5.56 Å². The maximum Gasteiger partial charge on any atom is 0.271 e. The van der Waals surface area contributed by atoms with Crippen molar-refractivity contribution >= 4 is 11.6 Å². The largest absolute Gasteiger partial charge is 0.494 e. The molecule has 1 amide bonds. The van der Waals surface area contributed by atoms with Crippen LogP contribution in [0.15, 0.2) is 53.6 Å². The topological polar surface area (TPSA) is 50.7 Å². The molecule has 0 aliphatic carbocycles. The molecule has 0 radical (unpaired) electrons. The highest BCUT2D eigenvalue weighted by molar-refractivity contribution is 6.00. The van der Waals surface area contributed by atoms with Gasteiger partial charge < -0.3 is 4.74 Å². The van der Waals surface area contributed by atoms with E-state index in [4.69, 9.17) is 4.74 Å². The molecular weight excluding hydrogens is 283 g/mol. The van der Waals surface area contributed by atoms with Crippen molar-refractivity contribution in [3.05, 3.63) is 65.5 Å². The molecule has 114 valence electrons. The molecule has 2 aromatic carbocycles. The van der Waals surface area contributed by atoms with Crippen LogP contribution < -0.4 is 10.2 Å². The second kappa shape index (κ2) is 7.36. The summed E-state index contributed by atoms with van der Waals surface area (Å²) in [6, 6.07) is 12.7. The van der Waals surface area contributed by atoms with Gasteiger partial charge in [0.1, 0.15) is 11.6 Å². The Kier molecular flexibility index (Phi) is 5.25. The first-order valence-electron chi connectivity index (χ1n) is 6.93. The standard InChI is InChI=1S/C17H17FN2O2/c1-3-22-16-10-6-13(7-11-16)12(2)19-20-17(21)14-4-8-15(18)9-5-14/h4-11H,3H2,1-2H3,(H,20,21)/b19-12-. The monoisotopic (exact) mass is 300 g/mol. The van der Waals surface area contributed by atoms with Gasteiger partial charge in [0.15, 0.2) is 0 Å². The molecule has 0 fully saturated rings. The van der Waals surface area contributed by atoms with E-state index in [2.05, 4.69) is 10.5 Å². The summed E-state index contributed by atoms with van der Waals surface area (Å²) in [6.07, 6.45) is 0. The molecule has 0 saturated carbocycles. The molecule has 0 heterocycles. The van der Waals surface area contributed by atoms with Crippen molar-refractivity contribution in [3.8, 4) is 5.75 Å². The average Bonchev–Trinajstić information content (AvgIpc) is 2.54. The fraction of sp³-hybridized carbons (Fsp3) is 0.176. The van der Waals surface area contributed by atoms with Gasteiger partial charge in [-0.2, -0.15) is 5.10 Å². The van der Waals surface area contributed by atoms with Crippen LogP contribution in [0.2, 0.25) is 0 Å². The summed E-state index contributed by atoms with van der Waals surface area (Å²) in [4.78, 5) is 11.9. The lowest BCUT2D eigenvalue weighted by atomic mass is 10.1. The van der Waals surface area contributed by atoms with Gasteiger partial charge in [-0.1, -0.05) is 0 Å². The average molecular weight is 300 g/mol. The summed E-state index contributed by atoms with van der Waals surface area (Å²) in [6.45, 7) is 4.33. The van der Waals surface area contributed by atoms with Crippen LogP contribution in [0.25, 0.3) is 0 Å². The van der Waals surface area contributed by atoms with E-state index in [1.54, 1.807) is 6.92 Å². The predicted molar refractivity (Wildman–Crippen MR) is 83.7 cm³/mol. The molecule has 0 spiro atoms. The van der Waals surface area contributed by atoms with E-state index < -0.39 is 0 Å². The number of nitrogens with one attached hydrogen (secondary N) is 1. The zero-order chi connectivity index (χ0) is 15.9. The molecule has 0 bridgehead atoms. The summed E-state index contributed by atoms with van der Waals surface area (Å²) >= 11 is 0. The number of amides is 1. The highest BCUT2D eigenvalue weighted by Gasteiger charge is 2.05. The minimum atomic E-state index is -0.384. The molecule has 2 rings (SSSR count). The van der Waals surface area contributed by atoms with Gasteiger partial charge in [-0.3, -0.25) is 4.79 Å². The van der Waals surface area contributed by atoms with Gasteiger partial charge in [0.05, 0.1) is 12.3 Å². The van der Waals surface area contributed by atoms with Crippen molar-refractivity contribution in [2.45, 2.75) is 13.8 Å². The van der Waals surface area contributed by atoms with Crippen LogP contribution in [-0.2, 0) is 0 Å².